The van der Waals surface area contributed by atoms with Gasteiger partial charge in [0.1, 0.15) is 30.9 Å². The lowest BCUT2D eigenvalue weighted by Gasteiger charge is -2.35. The zero-order valence-corrected chi connectivity index (χ0v) is 20.4. The number of fused-ring (bicyclic) bond motifs is 6. The Hall–Kier alpha value is -4.08. The van der Waals surface area contributed by atoms with Crippen molar-refractivity contribution in [2.45, 2.75) is 24.3 Å². The second kappa shape index (κ2) is 9.10. The molecule has 4 bridgehead atoms. The molecule has 0 aromatic heterocycles. The number of likely N-dealkylation sites (tertiary alicyclic amines) is 1. The van der Waals surface area contributed by atoms with E-state index in [2.05, 4.69) is 5.32 Å². The van der Waals surface area contributed by atoms with Gasteiger partial charge in [-0.2, -0.15) is 0 Å². The highest BCUT2D eigenvalue weighted by Gasteiger charge is 2.61. The number of amides is 4. The lowest BCUT2D eigenvalue weighted by molar-refractivity contribution is -0.134. The Morgan fingerprint density at radius 1 is 1.03 bits per heavy atom. The van der Waals surface area contributed by atoms with Gasteiger partial charge in [-0.3, -0.25) is 19.3 Å². The van der Waals surface area contributed by atoms with Gasteiger partial charge < -0.3 is 24.6 Å². The molecule has 1 N–H and O–H groups in total. The molecule has 1 spiro atoms. The molecule has 2 atom stereocenters. The first-order valence-corrected chi connectivity index (χ1v) is 12.6. The highest BCUT2D eigenvalue weighted by Crippen LogP contribution is 2.56. The highest BCUT2D eigenvalue weighted by molar-refractivity contribution is 6.12. The third kappa shape index (κ3) is 3.78. The zero-order chi connectivity index (χ0) is 25.6. The van der Waals surface area contributed by atoms with Crippen molar-refractivity contribution in [2.75, 3.05) is 50.8 Å². The van der Waals surface area contributed by atoms with Gasteiger partial charge in [-0.1, -0.05) is 30.3 Å². The van der Waals surface area contributed by atoms with Crippen LogP contribution in [0.15, 0.2) is 48.5 Å². The molecule has 0 radical (unpaired) electrons. The van der Waals surface area contributed by atoms with Gasteiger partial charge in [0.2, 0.25) is 17.7 Å². The Bertz CT molecular complexity index is 1280. The lowest BCUT2D eigenvalue weighted by atomic mass is 9.72. The van der Waals surface area contributed by atoms with Gasteiger partial charge in [-0.15, -0.1) is 0 Å². The van der Waals surface area contributed by atoms with Crippen LogP contribution in [0.1, 0.15) is 30.0 Å². The van der Waals surface area contributed by atoms with Crippen LogP contribution >= 0.6 is 0 Å². The monoisotopic (exact) mass is 504 g/mol. The number of hydrogen-bond donors (Lipinski definition) is 1. The first kappa shape index (κ1) is 23.3. The smallest absolute Gasteiger partial charge is 0.410 e. The van der Waals surface area contributed by atoms with E-state index in [4.69, 9.17) is 9.47 Å². The number of rotatable bonds is 2. The molecule has 2 aromatic rings. The molecule has 10 nitrogen and oxygen atoms in total. The van der Waals surface area contributed by atoms with Gasteiger partial charge in [-0.25, -0.2) is 4.79 Å². The van der Waals surface area contributed by atoms with Gasteiger partial charge in [0.05, 0.1) is 19.2 Å². The van der Waals surface area contributed by atoms with E-state index in [0.29, 0.717) is 50.5 Å². The summed E-state index contributed by atoms with van der Waals surface area (Å²) in [5.74, 6) is -0.0670. The third-order valence-electron chi connectivity index (χ3n) is 7.71. The number of carbonyl (C=O) groups is 4. The minimum Gasteiger partial charge on any atom is -0.494 e. The van der Waals surface area contributed by atoms with Gasteiger partial charge in [-0.05, 0) is 42.2 Å². The molecule has 10 heteroatoms. The van der Waals surface area contributed by atoms with Gasteiger partial charge in [0, 0.05) is 18.8 Å². The van der Waals surface area contributed by atoms with Crippen LogP contribution < -0.4 is 15.0 Å². The molecule has 2 fully saturated rings. The van der Waals surface area contributed by atoms with Crippen LogP contribution in [-0.2, 0) is 24.5 Å². The standard InChI is InChI=1S/C27H28N4O6/c32-22-16-31-21-8-2-1-7-20(21)27(25(31)34)9-11-30(23(33)17-29-12-14-37-26(29)35)24(27)18-5-3-6-19(15-18)36-13-4-10-28-22/h1-3,5-8,15,24H,4,9-14,16-17H2,(H,28,32)/t24-,27+/m0/s1. The van der Waals surface area contributed by atoms with E-state index in [1.165, 1.54) is 4.90 Å². The summed E-state index contributed by atoms with van der Waals surface area (Å²) >= 11 is 0. The third-order valence-corrected chi connectivity index (χ3v) is 7.71. The van der Waals surface area contributed by atoms with Crippen molar-refractivity contribution in [3.63, 3.8) is 0 Å². The Balaban J connectivity index is 1.48. The number of cyclic esters (lactones) is 1. The summed E-state index contributed by atoms with van der Waals surface area (Å²) < 4.78 is 11.0. The first-order valence-electron chi connectivity index (χ1n) is 12.6. The van der Waals surface area contributed by atoms with Crippen LogP contribution in [0.25, 0.3) is 0 Å². The second-order valence-corrected chi connectivity index (χ2v) is 9.78. The molecular weight excluding hydrogens is 476 g/mol. The van der Waals surface area contributed by atoms with Gasteiger partial charge >= 0.3 is 6.09 Å². The SMILES string of the molecule is O=C1CN2C(=O)[C@]3(CCN(C(=O)CN4CCOC4=O)[C@H]3c3cccc(c3)OCCCN1)c1ccccc12. The number of nitrogens with zero attached hydrogens (tertiary/aromatic N) is 3. The Morgan fingerprint density at radius 2 is 1.89 bits per heavy atom. The molecule has 4 heterocycles. The molecule has 0 aliphatic carbocycles. The second-order valence-electron chi connectivity index (χ2n) is 9.78. The molecule has 0 saturated carbocycles. The fourth-order valence-corrected chi connectivity index (χ4v) is 6.06. The predicted octanol–water partition coefficient (Wildman–Crippen LogP) is 1.60. The largest absolute Gasteiger partial charge is 0.494 e. The van der Waals surface area contributed by atoms with Crippen molar-refractivity contribution < 1.29 is 28.7 Å². The molecule has 2 aromatic carbocycles. The van der Waals surface area contributed by atoms with E-state index in [1.54, 1.807) is 9.80 Å². The fourth-order valence-electron chi connectivity index (χ4n) is 6.06. The van der Waals surface area contributed by atoms with Crippen LogP contribution in [0.3, 0.4) is 0 Å². The summed E-state index contributed by atoms with van der Waals surface area (Å²) in [6.45, 7) is 1.57. The average Bonchev–Trinajstić information content (AvgIpc) is 3.56. The number of benzene rings is 2. The van der Waals surface area contributed by atoms with Crippen molar-refractivity contribution in [2.24, 2.45) is 0 Å². The van der Waals surface area contributed by atoms with Crippen LogP contribution in [0.5, 0.6) is 5.75 Å². The van der Waals surface area contributed by atoms with Crippen molar-refractivity contribution in [1.29, 1.82) is 0 Å². The van der Waals surface area contributed by atoms with Crippen LogP contribution in [0, 0.1) is 0 Å². The minimum absolute atomic E-state index is 0.0984. The molecule has 37 heavy (non-hydrogen) atoms. The number of carbonyl (C=O) groups excluding carboxylic acids is 4. The summed E-state index contributed by atoms with van der Waals surface area (Å²) in [4.78, 5) is 57.5. The molecule has 2 saturated heterocycles. The van der Waals surface area contributed by atoms with E-state index >= 15 is 0 Å². The first-order chi connectivity index (χ1) is 18.0. The van der Waals surface area contributed by atoms with Gasteiger partial charge in [0.15, 0.2) is 0 Å². The van der Waals surface area contributed by atoms with Crippen LogP contribution in [-0.4, -0.2) is 79.6 Å². The van der Waals surface area contributed by atoms with Gasteiger partial charge in [0.25, 0.3) is 0 Å². The number of hydrogen-bond acceptors (Lipinski definition) is 6. The average molecular weight is 505 g/mol. The van der Waals surface area contributed by atoms with E-state index < -0.39 is 17.6 Å². The van der Waals surface area contributed by atoms with Crippen molar-refractivity contribution >= 4 is 29.5 Å². The number of anilines is 1. The Morgan fingerprint density at radius 3 is 2.73 bits per heavy atom. The molecule has 4 aliphatic rings. The van der Waals surface area contributed by atoms with E-state index in [0.717, 1.165) is 11.1 Å². The molecular formula is C27H28N4O6. The zero-order valence-electron chi connectivity index (χ0n) is 20.4. The quantitative estimate of drug-likeness (QED) is 0.666. The Labute approximate surface area is 214 Å². The Kier molecular flexibility index (Phi) is 5.73. The lowest BCUT2D eigenvalue weighted by Crippen LogP contribution is -2.49. The number of nitrogens with one attached hydrogen (secondary N) is 1. The summed E-state index contributed by atoms with van der Waals surface area (Å²) in [6, 6.07) is 14.4. The molecule has 192 valence electrons. The molecule has 4 aliphatic heterocycles. The number of para-hydroxylation sites is 1. The summed E-state index contributed by atoms with van der Waals surface area (Å²) in [5.41, 5.74) is 1.20. The topological polar surface area (TPSA) is 108 Å². The summed E-state index contributed by atoms with van der Waals surface area (Å²) in [5, 5.41) is 2.88. The molecule has 6 rings (SSSR count). The maximum Gasteiger partial charge on any atom is 0.410 e. The fraction of sp³-hybridized carbons (Fsp3) is 0.407. The van der Waals surface area contributed by atoms with Crippen molar-refractivity contribution in [3.05, 3.63) is 59.7 Å². The summed E-state index contributed by atoms with van der Waals surface area (Å²) in [7, 11) is 0. The summed E-state index contributed by atoms with van der Waals surface area (Å²) in [6.07, 6.45) is 0.500. The van der Waals surface area contributed by atoms with Crippen molar-refractivity contribution in [1.82, 2.24) is 15.1 Å². The highest BCUT2D eigenvalue weighted by atomic mass is 16.6. The normalized spacial score (nSPS) is 25.1. The van der Waals surface area contributed by atoms with Crippen molar-refractivity contribution in [3.8, 4) is 5.75 Å². The van der Waals surface area contributed by atoms with E-state index in [-0.39, 0.29) is 37.4 Å². The van der Waals surface area contributed by atoms with Crippen LogP contribution in [0.4, 0.5) is 10.5 Å². The molecule has 0 unspecified atom stereocenters. The number of ether oxygens (including phenoxy) is 2. The molecule has 4 amide bonds. The predicted molar refractivity (Wildman–Crippen MR) is 132 cm³/mol. The van der Waals surface area contributed by atoms with E-state index in [9.17, 15) is 19.2 Å². The maximum absolute atomic E-state index is 14.3. The van der Waals surface area contributed by atoms with E-state index in [1.807, 2.05) is 48.5 Å². The minimum atomic E-state index is -1.07. The van der Waals surface area contributed by atoms with Crippen LogP contribution in [0.2, 0.25) is 0 Å². The maximum atomic E-state index is 14.3.